The molecule has 0 fully saturated rings. The number of rotatable bonds is 8. The summed E-state index contributed by atoms with van der Waals surface area (Å²) in [6.07, 6.45) is -2.79. The molecule has 0 atom stereocenters. The van der Waals surface area contributed by atoms with Gasteiger partial charge in [0.05, 0.1) is 13.2 Å². The van der Waals surface area contributed by atoms with Crippen LogP contribution in [0.15, 0.2) is 24.3 Å². The summed E-state index contributed by atoms with van der Waals surface area (Å²) < 4.78 is 54.6. The molecule has 1 aromatic rings. The molecular weight excluding hydrogens is 262 g/mol. The fourth-order valence-electron chi connectivity index (χ4n) is 1.42. The largest absolute Gasteiger partial charge is 0.494 e. The summed E-state index contributed by atoms with van der Waals surface area (Å²) in [5, 5.41) is 2.32. The van der Waals surface area contributed by atoms with Crippen molar-refractivity contribution in [3.63, 3.8) is 0 Å². The van der Waals surface area contributed by atoms with E-state index < -0.39 is 18.9 Å². The Balaban J connectivity index is 2.45. The highest BCUT2D eigenvalue weighted by Gasteiger charge is 2.39. The number of benzene rings is 1. The van der Waals surface area contributed by atoms with Crippen LogP contribution >= 0.6 is 0 Å². The fraction of sp³-hybridized carbons (Fsp3) is 0.538. The Morgan fingerprint density at radius 2 is 2.05 bits per heavy atom. The molecule has 0 saturated carbocycles. The average Bonchev–Trinajstić information content (AvgIpc) is 2.36. The van der Waals surface area contributed by atoms with E-state index in [0.717, 1.165) is 6.42 Å². The summed E-state index contributed by atoms with van der Waals surface area (Å²) in [5.41, 5.74) is 0.707. The van der Waals surface area contributed by atoms with Gasteiger partial charge in [-0.25, -0.2) is 8.78 Å². The minimum absolute atomic E-state index is 0.0889. The van der Waals surface area contributed by atoms with Gasteiger partial charge in [-0.3, -0.25) is 0 Å². The zero-order valence-electron chi connectivity index (χ0n) is 10.6. The molecule has 0 bridgehead atoms. The third-order valence-electron chi connectivity index (χ3n) is 2.38. The molecule has 0 amide bonds. The van der Waals surface area contributed by atoms with E-state index >= 15 is 0 Å². The zero-order valence-corrected chi connectivity index (χ0v) is 10.6. The van der Waals surface area contributed by atoms with Crippen LogP contribution in [0.25, 0.3) is 0 Å². The van der Waals surface area contributed by atoms with Crippen LogP contribution in [0.1, 0.15) is 18.9 Å². The molecule has 1 aromatic carbocycles. The van der Waals surface area contributed by atoms with Crippen LogP contribution in [-0.2, 0) is 6.54 Å². The number of hydrogen-bond acceptors (Lipinski definition) is 2. The standard InChI is InChI=1S/C13H17F4NO/c1-2-6-19-11-5-3-4-10(7-11)8-18-9-13(16,17)12(14)15/h3-5,7,12,18H,2,6,8-9H2,1H3. The SMILES string of the molecule is CCCOc1cccc(CNCC(F)(F)C(F)F)c1. The van der Waals surface area contributed by atoms with Crippen molar-refractivity contribution in [3.05, 3.63) is 29.8 Å². The fourth-order valence-corrected chi connectivity index (χ4v) is 1.42. The van der Waals surface area contributed by atoms with E-state index in [-0.39, 0.29) is 6.54 Å². The van der Waals surface area contributed by atoms with E-state index in [4.69, 9.17) is 4.74 Å². The number of alkyl halides is 4. The van der Waals surface area contributed by atoms with Crippen LogP contribution < -0.4 is 10.1 Å². The molecule has 108 valence electrons. The molecule has 0 saturated heterocycles. The van der Waals surface area contributed by atoms with E-state index in [9.17, 15) is 17.6 Å². The lowest BCUT2D eigenvalue weighted by Crippen LogP contribution is -2.38. The normalized spacial score (nSPS) is 11.9. The summed E-state index contributed by atoms with van der Waals surface area (Å²) in [7, 11) is 0. The molecule has 19 heavy (non-hydrogen) atoms. The number of ether oxygens (including phenoxy) is 1. The van der Waals surface area contributed by atoms with Gasteiger partial charge in [-0.2, -0.15) is 8.78 Å². The number of halogens is 4. The van der Waals surface area contributed by atoms with E-state index in [1.54, 1.807) is 24.3 Å². The van der Waals surface area contributed by atoms with Gasteiger partial charge in [-0.1, -0.05) is 19.1 Å². The molecular formula is C13H17F4NO. The van der Waals surface area contributed by atoms with Gasteiger partial charge in [0.2, 0.25) is 0 Å². The van der Waals surface area contributed by atoms with Gasteiger partial charge in [0.25, 0.3) is 0 Å². The molecule has 0 aliphatic carbocycles. The molecule has 1 rings (SSSR count). The molecule has 0 aliphatic rings. The second-order valence-electron chi connectivity index (χ2n) is 4.16. The van der Waals surface area contributed by atoms with Gasteiger partial charge in [0, 0.05) is 6.54 Å². The lowest BCUT2D eigenvalue weighted by molar-refractivity contribution is -0.125. The van der Waals surface area contributed by atoms with Crippen molar-refractivity contribution in [3.8, 4) is 5.75 Å². The summed E-state index contributed by atoms with van der Waals surface area (Å²) in [5.74, 6) is -3.36. The average molecular weight is 279 g/mol. The molecule has 0 aliphatic heterocycles. The minimum Gasteiger partial charge on any atom is -0.494 e. The Bertz CT molecular complexity index is 385. The Hall–Kier alpha value is -1.30. The Morgan fingerprint density at radius 3 is 2.68 bits per heavy atom. The summed E-state index contributed by atoms with van der Waals surface area (Å²) in [4.78, 5) is 0. The van der Waals surface area contributed by atoms with Gasteiger partial charge >= 0.3 is 12.3 Å². The van der Waals surface area contributed by atoms with Crippen molar-refractivity contribution in [2.24, 2.45) is 0 Å². The topological polar surface area (TPSA) is 21.3 Å². The van der Waals surface area contributed by atoms with Crippen molar-refractivity contribution in [1.82, 2.24) is 5.32 Å². The molecule has 0 heterocycles. The van der Waals surface area contributed by atoms with E-state index in [2.05, 4.69) is 5.32 Å². The Labute approximate surface area is 109 Å². The first-order valence-electron chi connectivity index (χ1n) is 6.04. The smallest absolute Gasteiger partial charge is 0.319 e. The van der Waals surface area contributed by atoms with Crippen molar-refractivity contribution in [2.45, 2.75) is 32.2 Å². The van der Waals surface area contributed by atoms with Crippen LogP contribution in [0.3, 0.4) is 0 Å². The van der Waals surface area contributed by atoms with Crippen molar-refractivity contribution in [2.75, 3.05) is 13.2 Å². The van der Waals surface area contributed by atoms with Crippen LogP contribution in [-0.4, -0.2) is 25.5 Å². The lowest BCUT2D eigenvalue weighted by atomic mass is 10.2. The maximum absolute atomic E-state index is 12.7. The predicted molar refractivity (Wildman–Crippen MR) is 64.9 cm³/mol. The molecule has 2 nitrogen and oxygen atoms in total. The van der Waals surface area contributed by atoms with Crippen LogP contribution in [0.2, 0.25) is 0 Å². The summed E-state index contributed by atoms with van der Waals surface area (Å²) in [6, 6.07) is 6.90. The Morgan fingerprint density at radius 1 is 1.32 bits per heavy atom. The van der Waals surface area contributed by atoms with Crippen molar-refractivity contribution >= 4 is 0 Å². The highest BCUT2D eigenvalue weighted by atomic mass is 19.3. The molecule has 0 aromatic heterocycles. The highest BCUT2D eigenvalue weighted by Crippen LogP contribution is 2.21. The van der Waals surface area contributed by atoms with Crippen LogP contribution in [0.5, 0.6) is 5.75 Å². The van der Waals surface area contributed by atoms with Crippen molar-refractivity contribution in [1.29, 1.82) is 0 Å². The van der Waals surface area contributed by atoms with E-state index in [1.807, 2.05) is 6.92 Å². The zero-order chi connectivity index (χ0) is 14.3. The van der Waals surface area contributed by atoms with Gasteiger partial charge in [-0.15, -0.1) is 0 Å². The van der Waals surface area contributed by atoms with E-state index in [0.29, 0.717) is 17.9 Å². The number of hydrogen-bond donors (Lipinski definition) is 1. The Kier molecular flexibility index (Phi) is 6.08. The van der Waals surface area contributed by atoms with Crippen molar-refractivity contribution < 1.29 is 22.3 Å². The van der Waals surface area contributed by atoms with E-state index in [1.165, 1.54) is 0 Å². The number of nitrogens with one attached hydrogen (secondary N) is 1. The van der Waals surface area contributed by atoms with Crippen LogP contribution in [0.4, 0.5) is 17.6 Å². The maximum Gasteiger partial charge on any atom is 0.319 e. The predicted octanol–water partition coefficient (Wildman–Crippen LogP) is 3.47. The second-order valence-corrected chi connectivity index (χ2v) is 4.16. The van der Waals surface area contributed by atoms with Gasteiger partial charge < -0.3 is 10.1 Å². The maximum atomic E-state index is 12.7. The molecule has 6 heteroatoms. The van der Waals surface area contributed by atoms with Gasteiger partial charge in [-0.05, 0) is 24.1 Å². The van der Waals surface area contributed by atoms with Gasteiger partial charge in [0.1, 0.15) is 5.75 Å². The molecule has 0 spiro atoms. The molecule has 1 N–H and O–H groups in total. The molecule has 0 radical (unpaired) electrons. The lowest BCUT2D eigenvalue weighted by Gasteiger charge is -2.16. The second kappa shape index (κ2) is 7.33. The summed E-state index contributed by atoms with van der Waals surface area (Å²) in [6.45, 7) is 1.58. The first-order chi connectivity index (χ1) is 8.95. The van der Waals surface area contributed by atoms with Crippen LogP contribution in [0, 0.1) is 0 Å². The summed E-state index contributed by atoms with van der Waals surface area (Å²) >= 11 is 0. The first kappa shape index (κ1) is 15.8. The monoisotopic (exact) mass is 279 g/mol. The van der Waals surface area contributed by atoms with Gasteiger partial charge in [0.15, 0.2) is 0 Å². The molecule has 0 unspecified atom stereocenters. The first-order valence-corrected chi connectivity index (χ1v) is 6.04. The third-order valence-corrected chi connectivity index (χ3v) is 2.38. The quantitative estimate of drug-likeness (QED) is 0.736. The highest BCUT2D eigenvalue weighted by molar-refractivity contribution is 5.28. The minimum atomic E-state index is -4.00. The third kappa shape index (κ3) is 5.46.